The van der Waals surface area contributed by atoms with Crippen molar-refractivity contribution in [2.24, 2.45) is 0 Å². The van der Waals surface area contributed by atoms with Gasteiger partial charge in [0.05, 0.1) is 20.3 Å². The second-order valence-electron chi connectivity index (χ2n) is 6.77. The van der Waals surface area contributed by atoms with Gasteiger partial charge in [-0.15, -0.1) is 0 Å². The number of methoxy groups -OCH3 is 2. The fourth-order valence-electron chi connectivity index (χ4n) is 4.02. The molecular formula is C21H24N2O2. The molecule has 0 bridgehead atoms. The van der Waals surface area contributed by atoms with Crippen LogP contribution >= 0.6 is 0 Å². The van der Waals surface area contributed by atoms with Crippen LogP contribution in [0.3, 0.4) is 0 Å². The first kappa shape index (κ1) is 16.0. The molecule has 0 fully saturated rings. The molecule has 1 aliphatic rings. The molecule has 2 heterocycles. The van der Waals surface area contributed by atoms with Gasteiger partial charge in [0.15, 0.2) is 0 Å². The van der Waals surface area contributed by atoms with E-state index in [1.807, 2.05) is 12.1 Å². The van der Waals surface area contributed by atoms with Crippen LogP contribution in [0.1, 0.15) is 34.0 Å². The Morgan fingerprint density at radius 3 is 2.64 bits per heavy atom. The summed E-state index contributed by atoms with van der Waals surface area (Å²) in [5.74, 6) is 1.71. The van der Waals surface area contributed by atoms with Crippen LogP contribution in [-0.2, 0) is 6.42 Å². The topological polar surface area (TPSA) is 46.3 Å². The molecule has 130 valence electrons. The maximum absolute atomic E-state index is 5.62. The third-order valence-electron chi connectivity index (χ3n) is 5.15. The maximum Gasteiger partial charge on any atom is 0.124 e. The number of hydrogen-bond donors (Lipinski definition) is 2. The summed E-state index contributed by atoms with van der Waals surface area (Å²) in [6, 6.07) is 10.6. The lowest BCUT2D eigenvalue weighted by Gasteiger charge is -2.26. The molecule has 1 aromatic heterocycles. The highest BCUT2D eigenvalue weighted by Gasteiger charge is 2.28. The Kier molecular flexibility index (Phi) is 3.92. The van der Waals surface area contributed by atoms with Crippen LogP contribution in [0.2, 0.25) is 0 Å². The predicted molar refractivity (Wildman–Crippen MR) is 101 cm³/mol. The van der Waals surface area contributed by atoms with Gasteiger partial charge in [0, 0.05) is 28.7 Å². The zero-order valence-corrected chi connectivity index (χ0v) is 15.2. The number of aryl methyl sites for hydroxylation is 2. The summed E-state index contributed by atoms with van der Waals surface area (Å²) in [7, 11) is 3.41. The number of benzene rings is 2. The molecule has 0 saturated heterocycles. The number of aromatic nitrogens is 1. The Labute approximate surface area is 148 Å². The Hall–Kier alpha value is -2.46. The van der Waals surface area contributed by atoms with Crippen molar-refractivity contribution in [3.63, 3.8) is 0 Å². The van der Waals surface area contributed by atoms with E-state index in [4.69, 9.17) is 9.47 Å². The smallest absolute Gasteiger partial charge is 0.124 e. The standard InChI is InChI=1S/C21H24N2O2/c1-12-9-13(2)19-16(10-12)15-7-8-22-20(21(15)23-19)17-11-14(24-3)5-6-18(17)25-4/h5-6,9-11,20,22-23H,7-8H2,1-4H3. The summed E-state index contributed by atoms with van der Waals surface area (Å²) < 4.78 is 11.1. The molecule has 0 spiro atoms. The molecular weight excluding hydrogens is 312 g/mol. The molecule has 1 atom stereocenters. The van der Waals surface area contributed by atoms with E-state index in [1.165, 1.54) is 33.3 Å². The quantitative estimate of drug-likeness (QED) is 0.759. The first-order valence-electron chi connectivity index (χ1n) is 8.69. The van der Waals surface area contributed by atoms with Crippen molar-refractivity contribution >= 4 is 10.9 Å². The van der Waals surface area contributed by atoms with Crippen LogP contribution < -0.4 is 14.8 Å². The Morgan fingerprint density at radius 1 is 1.04 bits per heavy atom. The summed E-state index contributed by atoms with van der Waals surface area (Å²) >= 11 is 0. The maximum atomic E-state index is 5.62. The second kappa shape index (κ2) is 6.12. The molecule has 2 aromatic carbocycles. The number of fused-ring (bicyclic) bond motifs is 3. The fraction of sp³-hybridized carbons (Fsp3) is 0.333. The van der Waals surface area contributed by atoms with Gasteiger partial charge in [-0.1, -0.05) is 11.6 Å². The summed E-state index contributed by atoms with van der Waals surface area (Å²) in [5.41, 5.74) is 7.59. The van der Waals surface area contributed by atoms with Crippen molar-refractivity contribution in [2.45, 2.75) is 26.3 Å². The molecule has 4 heteroatoms. The van der Waals surface area contributed by atoms with Gasteiger partial charge >= 0.3 is 0 Å². The molecule has 0 aliphatic carbocycles. The van der Waals surface area contributed by atoms with E-state index in [9.17, 15) is 0 Å². The molecule has 0 saturated carbocycles. The van der Waals surface area contributed by atoms with E-state index in [-0.39, 0.29) is 6.04 Å². The van der Waals surface area contributed by atoms with Gasteiger partial charge in [-0.2, -0.15) is 0 Å². The highest BCUT2D eigenvalue weighted by atomic mass is 16.5. The van der Waals surface area contributed by atoms with Gasteiger partial charge in [-0.25, -0.2) is 0 Å². The van der Waals surface area contributed by atoms with Crippen LogP contribution in [0.5, 0.6) is 11.5 Å². The number of aromatic amines is 1. The molecule has 3 aromatic rings. The van der Waals surface area contributed by atoms with E-state index in [1.54, 1.807) is 14.2 Å². The number of rotatable bonds is 3. The average molecular weight is 336 g/mol. The van der Waals surface area contributed by atoms with Gasteiger partial charge in [-0.05, 0) is 55.7 Å². The van der Waals surface area contributed by atoms with E-state index in [0.717, 1.165) is 30.0 Å². The minimum Gasteiger partial charge on any atom is -0.497 e. The SMILES string of the molecule is COc1ccc(OC)c(C2NCCc3c2[nH]c2c(C)cc(C)cc32)c1. The Bertz CT molecular complexity index is 943. The first-order chi connectivity index (χ1) is 12.1. The van der Waals surface area contributed by atoms with Crippen molar-refractivity contribution in [3.8, 4) is 11.5 Å². The predicted octanol–water partition coefficient (Wildman–Crippen LogP) is 4.04. The van der Waals surface area contributed by atoms with Crippen LogP contribution in [0.15, 0.2) is 30.3 Å². The van der Waals surface area contributed by atoms with Crippen molar-refractivity contribution in [2.75, 3.05) is 20.8 Å². The number of nitrogens with one attached hydrogen (secondary N) is 2. The summed E-state index contributed by atoms with van der Waals surface area (Å²) in [5, 5.41) is 4.99. The molecule has 25 heavy (non-hydrogen) atoms. The third-order valence-corrected chi connectivity index (χ3v) is 5.15. The molecule has 4 nitrogen and oxygen atoms in total. The van der Waals surface area contributed by atoms with Gasteiger partial charge in [0.1, 0.15) is 11.5 Å². The Morgan fingerprint density at radius 2 is 1.88 bits per heavy atom. The van der Waals surface area contributed by atoms with E-state index < -0.39 is 0 Å². The molecule has 0 radical (unpaired) electrons. The highest BCUT2D eigenvalue weighted by molar-refractivity contribution is 5.88. The zero-order valence-electron chi connectivity index (χ0n) is 15.2. The molecule has 0 amide bonds. The van der Waals surface area contributed by atoms with Crippen LogP contribution in [0.25, 0.3) is 10.9 Å². The summed E-state index contributed by atoms with van der Waals surface area (Å²) in [6.45, 7) is 5.28. The third kappa shape index (κ3) is 2.57. The van der Waals surface area contributed by atoms with Crippen LogP contribution in [0.4, 0.5) is 0 Å². The molecule has 1 unspecified atom stereocenters. The summed E-state index contributed by atoms with van der Waals surface area (Å²) in [6.07, 6.45) is 1.03. The second-order valence-corrected chi connectivity index (χ2v) is 6.77. The van der Waals surface area contributed by atoms with Crippen LogP contribution in [-0.4, -0.2) is 25.7 Å². The average Bonchev–Trinajstić information content (AvgIpc) is 3.00. The number of ether oxygens (including phenoxy) is 2. The zero-order chi connectivity index (χ0) is 17.6. The number of H-pyrrole nitrogens is 1. The lowest BCUT2D eigenvalue weighted by molar-refractivity contribution is 0.392. The van der Waals surface area contributed by atoms with Gasteiger partial charge in [0.2, 0.25) is 0 Å². The largest absolute Gasteiger partial charge is 0.497 e. The minimum absolute atomic E-state index is 0.0703. The van der Waals surface area contributed by atoms with Crippen molar-refractivity contribution in [1.82, 2.24) is 10.3 Å². The number of hydrogen-bond acceptors (Lipinski definition) is 3. The minimum atomic E-state index is 0.0703. The van der Waals surface area contributed by atoms with Crippen molar-refractivity contribution in [1.29, 1.82) is 0 Å². The van der Waals surface area contributed by atoms with Gasteiger partial charge in [0.25, 0.3) is 0 Å². The van der Waals surface area contributed by atoms with E-state index in [0.29, 0.717) is 0 Å². The van der Waals surface area contributed by atoms with Crippen molar-refractivity contribution in [3.05, 3.63) is 58.3 Å². The fourth-order valence-corrected chi connectivity index (χ4v) is 4.02. The lowest BCUT2D eigenvalue weighted by Crippen LogP contribution is -2.30. The normalized spacial score (nSPS) is 16.7. The van der Waals surface area contributed by atoms with E-state index >= 15 is 0 Å². The monoisotopic (exact) mass is 336 g/mol. The molecule has 4 rings (SSSR count). The first-order valence-corrected chi connectivity index (χ1v) is 8.69. The summed E-state index contributed by atoms with van der Waals surface area (Å²) in [4.78, 5) is 3.69. The molecule has 2 N–H and O–H groups in total. The molecule has 1 aliphatic heterocycles. The Balaban J connectivity index is 1.92. The van der Waals surface area contributed by atoms with E-state index in [2.05, 4.69) is 42.3 Å². The lowest BCUT2D eigenvalue weighted by atomic mass is 9.93. The van der Waals surface area contributed by atoms with Crippen LogP contribution in [0, 0.1) is 13.8 Å². The van der Waals surface area contributed by atoms with Gasteiger partial charge < -0.3 is 19.8 Å². The highest BCUT2D eigenvalue weighted by Crippen LogP contribution is 2.39. The van der Waals surface area contributed by atoms with Gasteiger partial charge in [-0.3, -0.25) is 0 Å². The van der Waals surface area contributed by atoms with Crippen molar-refractivity contribution < 1.29 is 9.47 Å².